The van der Waals surface area contributed by atoms with Gasteiger partial charge in [-0.2, -0.15) is 0 Å². The lowest BCUT2D eigenvalue weighted by molar-refractivity contribution is 0.122. The summed E-state index contributed by atoms with van der Waals surface area (Å²) >= 11 is 0. The van der Waals surface area contributed by atoms with Gasteiger partial charge in [-0.25, -0.2) is 4.98 Å². The minimum atomic E-state index is 0.605. The first kappa shape index (κ1) is 16.2. The third-order valence-corrected chi connectivity index (χ3v) is 4.46. The number of ether oxygens (including phenoxy) is 3. The Hall–Kier alpha value is -2.31. The zero-order valence-electron chi connectivity index (χ0n) is 14.2. The molecule has 2 aromatic rings. The first-order chi connectivity index (χ1) is 12.4. The fourth-order valence-electron chi connectivity index (χ4n) is 3.23. The van der Waals surface area contributed by atoms with Crippen molar-refractivity contribution in [2.24, 2.45) is 0 Å². The molecule has 0 atom stereocenters. The van der Waals surface area contributed by atoms with Crippen LogP contribution >= 0.6 is 0 Å². The van der Waals surface area contributed by atoms with Crippen molar-refractivity contribution in [2.45, 2.75) is 13.1 Å². The monoisotopic (exact) mass is 341 g/mol. The van der Waals surface area contributed by atoms with Gasteiger partial charge in [0.05, 0.1) is 13.2 Å². The van der Waals surface area contributed by atoms with E-state index >= 15 is 0 Å². The molecule has 3 heterocycles. The minimum Gasteiger partial charge on any atom is -0.486 e. The standard InChI is InChI=1S/C19H23N3O3/c1-3-15(18-17(5-1)24-11-12-25-18)13-20-14-16-4-2-6-21-19(16)22-7-9-23-10-8-22/h1-6,20H,7-14H2. The van der Waals surface area contributed by atoms with Gasteiger partial charge < -0.3 is 24.4 Å². The number of fused-ring (bicyclic) bond motifs is 1. The average Bonchev–Trinajstić information content (AvgIpc) is 2.69. The topological polar surface area (TPSA) is 55.9 Å². The molecule has 2 aliphatic rings. The predicted molar refractivity (Wildman–Crippen MR) is 95.2 cm³/mol. The molecule has 25 heavy (non-hydrogen) atoms. The molecule has 4 rings (SSSR count). The van der Waals surface area contributed by atoms with Crippen molar-refractivity contribution in [3.8, 4) is 11.5 Å². The van der Waals surface area contributed by atoms with Crippen molar-refractivity contribution >= 4 is 5.82 Å². The van der Waals surface area contributed by atoms with Gasteiger partial charge in [0.1, 0.15) is 19.0 Å². The number of pyridine rings is 1. The maximum absolute atomic E-state index is 5.78. The van der Waals surface area contributed by atoms with Gasteiger partial charge in [-0.05, 0) is 12.1 Å². The lowest BCUT2D eigenvalue weighted by atomic mass is 10.1. The number of benzene rings is 1. The van der Waals surface area contributed by atoms with Crippen LogP contribution in [0.4, 0.5) is 5.82 Å². The van der Waals surface area contributed by atoms with E-state index in [1.807, 2.05) is 24.4 Å². The van der Waals surface area contributed by atoms with Gasteiger partial charge in [-0.3, -0.25) is 0 Å². The molecule has 0 radical (unpaired) electrons. The van der Waals surface area contributed by atoms with Crippen LogP contribution in [0.2, 0.25) is 0 Å². The second-order valence-corrected chi connectivity index (χ2v) is 6.13. The van der Waals surface area contributed by atoms with E-state index in [-0.39, 0.29) is 0 Å². The third kappa shape index (κ3) is 3.70. The molecule has 1 fully saturated rings. The molecule has 132 valence electrons. The zero-order valence-corrected chi connectivity index (χ0v) is 14.2. The first-order valence-corrected chi connectivity index (χ1v) is 8.76. The highest BCUT2D eigenvalue weighted by Crippen LogP contribution is 2.33. The summed E-state index contributed by atoms with van der Waals surface area (Å²) in [4.78, 5) is 6.88. The molecule has 0 aliphatic carbocycles. The third-order valence-electron chi connectivity index (χ3n) is 4.46. The molecule has 1 aromatic heterocycles. The fourth-order valence-corrected chi connectivity index (χ4v) is 3.23. The predicted octanol–water partition coefficient (Wildman–Crippen LogP) is 1.98. The van der Waals surface area contributed by atoms with Gasteiger partial charge in [0.25, 0.3) is 0 Å². The molecule has 0 spiro atoms. The van der Waals surface area contributed by atoms with Crippen molar-refractivity contribution in [1.29, 1.82) is 0 Å². The smallest absolute Gasteiger partial charge is 0.165 e. The Balaban J connectivity index is 1.42. The van der Waals surface area contributed by atoms with Crippen molar-refractivity contribution in [1.82, 2.24) is 10.3 Å². The summed E-state index contributed by atoms with van der Waals surface area (Å²) in [6.45, 7) is 6.00. The number of aromatic nitrogens is 1. The molecule has 1 aromatic carbocycles. The number of morpholine rings is 1. The number of hydrogen-bond donors (Lipinski definition) is 1. The first-order valence-electron chi connectivity index (χ1n) is 8.76. The Morgan fingerprint density at radius 3 is 2.64 bits per heavy atom. The summed E-state index contributed by atoms with van der Waals surface area (Å²) in [5, 5.41) is 3.51. The Bertz CT molecular complexity index is 717. The van der Waals surface area contributed by atoms with Crippen molar-refractivity contribution in [3.63, 3.8) is 0 Å². The summed E-state index contributed by atoms with van der Waals surface area (Å²) in [5.74, 6) is 2.75. The van der Waals surface area contributed by atoms with Crippen LogP contribution in [0.5, 0.6) is 11.5 Å². The van der Waals surface area contributed by atoms with Crippen molar-refractivity contribution in [2.75, 3.05) is 44.4 Å². The average molecular weight is 341 g/mol. The van der Waals surface area contributed by atoms with Gasteiger partial charge in [-0.1, -0.05) is 18.2 Å². The van der Waals surface area contributed by atoms with E-state index in [9.17, 15) is 0 Å². The Labute approximate surface area is 147 Å². The van der Waals surface area contributed by atoms with Crippen molar-refractivity contribution in [3.05, 3.63) is 47.7 Å². The van der Waals surface area contributed by atoms with E-state index < -0.39 is 0 Å². The van der Waals surface area contributed by atoms with Crippen LogP contribution in [-0.4, -0.2) is 44.5 Å². The normalized spacial score (nSPS) is 16.7. The maximum atomic E-state index is 5.78. The van der Waals surface area contributed by atoms with Crippen molar-refractivity contribution < 1.29 is 14.2 Å². The van der Waals surface area contributed by atoms with E-state index in [0.717, 1.165) is 62.3 Å². The van der Waals surface area contributed by atoms with Crippen LogP contribution in [0.25, 0.3) is 0 Å². The molecule has 0 unspecified atom stereocenters. The largest absolute Gasteiger partial charge is 0.486 e. The summed E-state index contributed by atoms with van der Waals surface area (Å²) in [6, 6.07) is 10.2. The van der Waals surface area contributed by atoms with Crippen LogP contribution in [0.15, 0.2) is 36.5 Å². The van der Waals surface area contributed by atoms with Crippen LogP contribution in [-0.2, 0) is 17.8 Å². The summed E-state index contributed by atoms with van der Waals surface area (Å²) in [7, 11) is 0. The van der Waals surface area contributed by atoms with E-state index in [1.54, 1.807) is 0 Å². The summed E-state index contributed by atoms with van der Waals surface area (Å²) in [5.41, 5.74) is 2.32. The maximum Gasteiger partial charge on any atom is 0.165 e. The highest BCUT2D eigenvalue weighted by Gasteiger charge is 2.17. The summed E-state index contributed by atoms with van der Waals surface area (Å²) in [6.07, 6.45) is 1.85. The molecule has 2 aliphatic heterocycles. The summed E-state index contributed by atoms with van der Waals surface area (Å²) < 4.78 is 16.9. The fraction of sp³-hybridized carbons (Fsp3) is 0.421. The number of nitrogens with zero attached hydrogens (tertiary/aromatic N) is 2. The molecule has 1 saturated heterocycles. The number of nitrogens with one attached hydrogen (secondary N) is 1. The SMILES string of the molecule is c1cnc(N2CCOCC2)c(CNCc2cccc3c2OCCO3)c1. The number of rotatable bonds is 5. The highest BCUT2D eigenvalue weighted by molar-refractivity contribution is 5.48. The number of para-hydroxylation sites is 1. The van der Waals surface area contributed by atoms with E-state index in [4.69, 9.17) is 14.2 Å². The zero-order chi connectivity index (χ0) is 16.9. The number of hydrogen-bond acceptors (Lipinski definition) is 6. The lowest BCUT2D eigenvalue weighted by Gasteiger charge is -2.29. The molecular weight excluding hydrogens is 318 g/mol. The van der Waals surface area contributed by atoms with Gasteiger partial charge in [0.15, 0.2) is 11.5 Å². The molecule has 0 amide bonds. The minimum absolute atomic E-state index is 0.605. The van der Waals surface area contributed by atoms with E-state index in [2.05, 4.69) is 27.3 Å². The molecule has 0 saturated carbocycles. The molecule has 6 heteroatoms. The molecule has 0 bridgehead atoms. The molecule has 1 N–H and O–H groups in total. The second kappa shape index (κ2) is 7.72. The van der Waals surface area contributed by atoms with Gasteiger partial charge in [0, 0.05) is 43.5 Å². The van der Waals surface area contributed by atoms with Crippen LogP contribution in [0.1, 0.15) is 11.1 Å². The van der Waals surface area contributed by atoms with Crippen LogP contribution in [0.3, 0.4) is 0 Å². The lowest BCUT2D eigenvalue weighted by Crippen LogP contribution is -2.37. The van der Waals surface area contributed by atoms with Gasteiger partial charge >= 0.3 is 0 Å². The Morgan fingerprint density at radius 2 is 1.72 bits per heavy atom. The molecular formula is C19H23N3O3. The van der Waals surface area contributed by atoms with Gasteiger partial charge in [0.2, 0.25) is 0 Å². The van der Waals surface area contributed by atoms with Gasteiger partial charge in [-0.15, -0.1) is 0 Å². The highest BCUT2D eigenvalue weighted by atomic mass is 16.6. The molecule has 6 nitrogen and oxygen atoms in total. The Kier molecular flexibility index (Phi) is 4.99. The van der Waals surface area contributed by atoms with Crippen LogP contribution < -0.4 is 19.7 Å². The Morgan fingerprint density at radius 1 is 0.920 bits per heavy atom. The second-order valence-electron chi connectivity index (χ2n) is 6.13. The quantitative estimate of drug-likeness (QED) is 0.897. The van der Waals surface area contributed by atoms with E-state index in [0.29, 0.717) is 13.2 Å². The van der Waals surface area contributed by atoms with E-state index in [1.165, 1.54) is 5.56 Å². The van der Waals surface area contributed by atoms with Crippen LogP contribution in [0, 0.1) is 0 Å². The number of anilines is 1.